The molecule has 0 atom stereocenters. The highest BCUT2D eigenvalue weighted by atomic mass is 127. The van der Waals surface area contributed by atoms with Crippen LogP contribution in [-0.4, -0.2) is 46.5 Å². The maximum atomic E-state index is 12.7. The Bertz CT molecular complexity index is 1080. The van der Waals surface area contributed by atoms with Gasteiger partial charge in [0.1, 0.15) is 18.9 Å². The first-order valence-corrected chi connectivity index (χ1v) is 12.3. The van der Waals surface area contributed by atoms with E-state index in [1.807, 2.05) is 37.3 Å². The zero-order valence-electron chi connectivity index (χ0n) is 17.7. The molecule has 2 saturated heterocycles. The molecule has 0 spiro atoms. The maximum Gasteiger partial charge on any atom is 0.294 e. The lowest BCUT2D eigenvalue weighted by Gasteiger charge is -2.18. The molecule has 2 aromatic carbocycles. The van der Waals surface area contributed by atoms with Gasteiger partial charge in [-0.1, -0.05) is 35.9 Å². The Morgan fingerprint density at radius 3 is 2.53 bits per heavy atom. The van der Waals surface area contributed by atoms with E-state index >= 15 is 0 Å². The van der Waals surface area contributed by atoms with Crippen LogP contribution in [0.4, 0.5) is 4.79 Å². The molecule has 0 saturated carbocycles. The molecule has 0 aliphatic carbocycles. The third-order valence-corrected chi connectivity index (χ3v) is 7.14. The fourth-order valence-electron chi connectivity index (χ4n) is 3.56. The minimum absolute atomic E-state index is 0.171. The van der Waals surface area contributed by atoms with Crippen LogP contribution in [0.1, 0.15) is 29.5 Å². The van der Waals surface area contributed by atoms with E-state index in [0.717, 1.165) is 50.0 Å². The van der Waals surface area contributed by atoms with Gasteiger partial charge in [0.2, 0.25) is 5.91 Å². The molecule has 2 aromatic rings. The molecule has 2 heterocycles. The average Bonchev–Trinajstić information content (AvgIpc) is 3.39. The van der Waals surface area contributed by atoms with Crippen LogP contribution < -0.4 is 4.74 Å². The number of carbonyl (C=O) groups excluding carboxylic acids is 3. The first-order valence-electron chi connectivity index (χ1n) is 10.4. The van der Waals surface area contributed by atoms with E-state index in [-0.39, 0.29) is 12.5 Å². The lowest BCUT2D eigenvalue weighted by Crippen LogP contribution is -2.40. The second kappa shape index (κ2) is 10.1. The van der Waals surface area contributed by atoms with Gasteiger partial charge in [0.05, 0.1) is 8.48 Å². The van der Waals surface area contributed by atoms with E-state index in [4.69, 9.17) is 4.74 Å². The van der Waals surface area contributed by atoms with Crippen molar-refractivity contribution in [1.82, 2.24) is 9.80 Å². The van der Waals surface area contributed by atoms with Gasteiger partial charge < -0.3 is 9.64 Å². The van der Waals surface area contributed by atoms with Crippen LogP contribution in [0.3, 0.4) is 0 Å². The van der Waals surface area contributed by atoms with Crippen molar-refractivity contribution < 1.29 is 19.1 Å². The Balaban J connectivity index is 1.41. The van der Waals surface area contributed by atoms with E-state index in [1.165, 1.54) is 5.56 Å². The van der Waals surface area contributed by atoms with Gasteiger partial charge in [0.25, 0.3) is 11.1 Å². The highest BCUT2D eigenvalue weighted by molar-refractivity contribution is 14.1. The number of nitrogens with zero attached hydrogens (tertiary/aromatic N) is 2. The van der Waals surface area contributed by atoms with Crippen LogP contribution in [0.15, 0.2) is 47.4 Å². The van der Waals surface area contributed by atoms with Gasteiger partial charge in [-0.25, -0.2) is 0 Å². The fraction of sp³-hybridized carbons (Fsp3) is 0.292. The van der Waals surface area contributed by atoms with Gasteiger partial charge in [0.15, 0.2) is 0 Å². The summed E-state index contributed by atoms with van der Waals surface area (Å²) in [6, 6.07) is 13.8. The zero-order chi connectivity index (χ0) is 22.7. The van der Waals surface area contributed by atoms with Gasteiger partial charge in [-0.2, -0.15) is 0 Å². The smallest absolute Gasteiger partial charge is 0.294 e. The van der Waals surface area contributed by atoms with Crippen molar-refractivity contribution in [1.29, 1.82) is 0 Å². The highest BCUT2D eigenvalue weighted by Gasteiger charge is 2.37. The Hall–Kier alpha value is -2.33. The molecular formula is C24H23IN2O4S. The Morgan fingerprint density at radius 2 is 1.84 bits per heavy atom. The number of ether oxygens (including phenoxy) is 1. The monoisotopic (exact) mass is 562 g/mol. The summed E-state index contributed by atoms with van der Waals surface area (Å²) in [7, 11) is 0. The van der Waals surface area contributed by atoms with Gasteiger partial charge in [-0.3, -0.25) is 19.3 Å². The van der Waals surface area contributed by atoms with E-state index in [1.54, 1.807) is 11.0 Å². The summed E-state index contributed by atoms with van der Waals surface area (Å²) in [5, 5.41) is -0.401. The lowest BCUT2D eigenvalue weighted by molar-refractivity contribution is -0.135. The predicted molar refractivity (Wildman–Crippen MR) is 133 cm³/mol. The summed E-state index contributed by atoms with van der Waals surface area (Å²) in [4.78, 5) is 40.5. The van der Waals surface area contributed by atoms with Crippen molar-refractivity contribution >= 4 is 57.5 Å². The minimum Gasteiger partial charge on any atom is -0.488 e. The van der Waals surface area contributed by atoms with Crippen molar-refractivity contribution in [2.45, 2.75) is 26.4 Å². The second-order valence-corrected chi connectivity index (χ2v) is 9.98. The number of hydrogen-bond acceptors (Lipinski definition) is 5. The normalized spacial score (nSPS) is 17.5. The molecule has 4 rings (SSSR count). The van der Waals surface area contributed by atoms with Crippen molar-refractivity contribution in [3.63, 3.8) is 0 Å². The number of aryl methyl sites for hydroxylation is 1. The molecule has 166 valence electrons. The number of benzene rings is 2. The second-order valence-electron chi connectivity index (χ2n) is 7.82. The molecule has 0 N–H and O–H groups in total. The standard InChI is InChI=1S/C24H23IN2O4S/c1-16-4-6-17(7-5-16)15-31-20-9-8-18(12-19(20)25)13-21-23(29)27(24(30)32-21)14-22(28)26-10-2-3-11-26/h4-9,12-13H,2-3,10-11,14-15H2,1H3/b21-13+. The summed E-state index contributed by atoms with van der Waals surface area (Å²) in [6.45, 7) is 3.72. The zero-order valence-corrected chi connectivity index (χ0v) is 20.6. The van der Waals surface area contributed by atoms with E-state index < -0.39 is 11.1 Å². The van der Waals surface area contributed by atoms with Crippen molar-refractivity contribution in [2.24, 2.45) is 0 Å². The SMILES string of the molecule is Cc1ccc(COc2ccc(/C=C3/SC(=O)N(CC(=O)N4CCCC4)C3=O)cc2I)cc1. The number of rotatable bonds is 6. The van der Waals surface area contributed by atoms with Crippen molar-refractivity contribution in [2.75, 3.05) is 19.6 Å². The summed E-state index contributed by atoms with van der Waals surface area (Å²) >= 11 is 3.07. The molecule has 8 heteroatoms. The molecule has 6 nitrogen and oxygen atoms in total. The van der Waals surface area contributed by atoms with Crippen LogP contribution in [0.5, 0.6) is 5.75 Å². The number of imide groups is 1. The van der Waals surface area contributed by atoms with Crippen LogP contribution in [0, 0.1) is 10.5 Å². The lowest BCUT2D eigenvalue weighted by atomic mass is 10.1. The molecule has 2 aliphatic heterocycles. The Kier molecular flexibility index (Phi) is 7.20. The number of carbonyl (C=O) groups is 3. The largest absolute Gasteiger partial charge is 0.488 e. The molecule has 0 aromatic heterocycles. The molecule has 0 bridgehead atoms. The molecule has 32 heavy (non-hydrogen) atoms. The molecule has 3 amide bonds. The third kappa shape index (κ3) is 5.35. The van der Waals surface area contributed by atoms with Gasteiger partial charge in [-0.05, 0) is 83.5 Å². The van der Waals surface area contributed by atoms with Crippen LogP contribution in [0.2, 0.25) is 0 Å². The molecule has 2 fully saturated rings. The molecule has 0 radical (unpaired) electrons. The van der Waals surface area contributed by atoms with Crippen molar-refractivity contribution in [3.8, 4) is 5.75 Å². The molecule has 0 unspecified atom stereocenters. The van der Waals surface area contributed by atoms with Gasteiger partial charge in [-0.15, -0.1) is 0 Å². The number of amides is 3. The van der Waals surface area contributed by atoms with E-state index in [9.17, 15) is 14.4 Å². The number of thioether (sulfide) groups is 1. The van der Waals surface area contributed by atoms with Crippen molar-refractivity contribution in [3.05, 3.63) is 67.6 Å². The van der Waals surface area contributed by atoms with Crippen LogP contribution in [-0.2, 0) is 16.2 Å². The average molecular weight is 562 g/mol. The fourth-order valence-corrected chi connectivity index (χ4v) is 5.09. The topological polar surface area (TPSA) is 66.9 Å². The first kappa shape index (κ1) is 22.8. The van der Waals surface area contributed by atoms with Gasteiger partial charge in [0, 0.05) is 13.1 Å². The molecule has 2 aliphatic rings. The van der Waals surface area contributed by atoms with E-state index in [0.29, 0.717) is 24.6 Å². The highest BCUT2D eigenvalue weighted by Crippen LogP contribution is 2.33. The Labute approximate surface area is 205 Å². The quantitative estimate of drug-likeness (QED) is 0.373. The summed E-state index contributed by atoms with van der Waals surface area (Å²) in [5.41, 5.74) is 3.10. The number of halogens is 1. The third-order valence-electron chi connectivity index (χ3n) is 5.39. The maximum absolute atomic E-state index is 12.7. The number of hydrogen-bond donors (Lipinski definition) is 0. The summed E-state index contributed by atoms with van der Waals surface area (Å²) in [5.74, 6) is 0.172. The minimum atomic E-state index is -0.415. The van der Waals surface area contributed by atoms with Crippen LogP contribution >= 0.6 is 34.4 Å². The number of likely N-dealkylation sites (tertiary alicyclic amines) is 1. The molecular weight excluding hydrogens is 539 g/mol. The van der Waals surface area contributed by atoms with Crippen LogP contribution in [0.25, 0.3) is 6.08 Å². The Morgan fingerprint density at radius 1 is 1.12 bits per heavy atom. The van der Waals surface area contributed by atoms with Gasteiger partial charge >= 0.3 is 0 Å². The summed E-state index contributed by atoms with van der Waals surface area (Å²) < 4.78 is 6.84. The predicted octanol–water partition coefficient (Wildman–Crippen LogP) is 4.84. The first-order chi connectivity index (χ1) is 15.4. The summed E-state index contributed by atoms with van der Waals surface area (Å²) in [6.07, 6.45) is 3.63. The van der Waals surface area contributed by atoms with E-state index in [2.05, 4.69) is 34.7 Å².